The zero-order valence-corrected chi connectivity index (χ0v) is 19.0. The molecule has 8 nitrogen and oxygen atoms in total. The number of Topliss-reactive ketones (excluding diaryl/α,β-unsaturated/α-hetero) is 1. The van der Waals surface area contributed by atoms with Gasteiger partial charge in [-0.25, -0.2) is 4.85 Å². The first kappa shape index (κ1) is 22.0. The second-order valence-electron chi connectivity index (χ2n) is 7.38. The van der Waals surface area contributed by atoms with Gasteiger partial charge in [-0.1, -0.05) is 17.4 Å². The van der Waals surface area contributed by atoms with Gasteiger partial charge in [0, 0.05) is 25.1 Å². The van der Waals surface area contributed by atoms with Crippen LogP contribution >= 0.6 is 11.3 Å². The topological polar surface area (TPSA) is 92.2 Å². The number of hydrogen-bond acceptors (Lipinski definition) is 6. The fraction of sp³-hybridized carbons (Fsp3) is 0.227. The predicted molar refractivity (Wildman–Crippen MR) is 123 cm³/mol. The molecule has 1 N–H and O–H groups in total. The lowest BCUT2D eigenvalue weighted by Crippen LogP contribution is -2.36. The highest BCUT2D eigenvalue weighted by atomic mass is 32.2. The average Bonchev–Trinajstić information content (AvgIpc) is 3.23. The molecule has 1 aromatic heterocycles. The third-order valence-electron chi connectivity index (χ3n) is 5.15. The van der Waals surface area contributed by atoms with Crippen LogP contribution in [0.4, 0.5) is 11.4 Å². The minimum atomic E-state index is -4.07. The summed E-state index contributed by atoms with van der Waals surface area (Å²) in [6.07, 6.45) is 2.07. The summed E-state index contributed by atoms with van der Waals surface area (Å²) < 4.78 is 40.3. The van der Waals surface area contributed by atoms with Gasteiger partial charge in [0.1, 0.15) is 4.70 Å². The maximum absolute atomic E-state index is 11.7. The Hall–Kier alpha value is -3.26. The van der Waals surface area contributed by atoms with Crippen LogP contribution in [0.5, 0.6) is 5.75 Å². The Kier molecular flexibility index (Phi) is 5.73. The van der Waals surface area contributed by atoms with E-state index in [9.17, 15) is 13.2 Å². The summed E-state index contributed by atoms with van der Waals surface area (Å²) in [4.78, 5) is 17.1. The van der Waals surface area contributed by atoms with Crippen molar-refractivity contribution in [3.63, 3.8) is 0 Å². The second kappa shape index (κ2) is 8.35. The maximum atomic E-state index is 11.7. The first-order valence-electron chi connectivity index (χ1n) is 9.73. The quantitative estimate of drug-likeness (QED) is 0.253. The second-order valence-corrected chi connectivity index (χ2v) is 10.0. The van der Waals surface area contributed by atoms with Crippen LogP contribution < -0.4 is 14.2 Å². The smallest absolute Gasteiger partial charge is 0.268 e. The van der Waals surface area contributed by atoms with Crippen LogP contribution in [0.15, 0.2) is 42.3 Å². The van der Waals surface area contributed by atoms with Gasteiger partial charge in [-0.05, 0) is 31.2 Å². The molecule has 0 bridgehead atoms. The Balaban J connectivity index is 1.74. The van der Waals surface area contributed by atoms with Crippen LogP contribution in [0.2, 0.25) is 0 Å². The van der Waals surface area contributed by atoms with Crippen molar-refractivity contribution in [1.82, 2.24) is 0 Å². The van der Waals surface area contributed by atoms with Crippen molar-refractivity contribution in [2.24, 2.45) is 0 Å². The number of fused-ring (bicyclic) bond motifs is 2. The molecule has 3 aromatic rings. The van der Waals surface area contributed by atoms with Crippen LogP contribution in [0.25, 0.3) is 21.1 Å². The molecular weight excluding hydrogens is 450 g/mol. The van der Waals surface area contributed by atoms with Gasteiger partial charge in [0.25, 0.3) is 15.1 Å². The number of carbonyl (C=O) groups is 1. The number of rotatable bonds is 6. The van der Waals surface area contributed by atoms with Crippen molar-refractivity contribution in [3.05, 3.63) is 64.3 Å². The first-order chi connectivity index (χ1) is 15.2. The number of hydrogen-bond donors (Lipinski definition) is 1. The molecule has 0 saturated heterocycles. The number of aryl methyl sites for hydroxylation is 1. The molecule has 10 heteroatoms. The van der Waals surface area contributed by atoms with Gasteiger partial charge in [-0.2, -0.15) is 13.0 Å². The van der Waals surface area contributed by atoms with E-state index in [-0.39, 0.29) is 18.0 Å². The Morgan fingerprint density at radius 1 is 1.31 bits per heavy atom. The Morgan fingerprint density at radius 2 is 2.09 bits per heavy atom. The number of nitrogens with zero attached hydrogens (tertiary/aromatic N) is 3. The molecule has 0 spiro atoms. The molecule has 1 aliphatic rings. The van der Waals surface area contributed by atoms with Crippen molar-refractivity contribution in [2.45, 2.75) is 19.9 Å². The maximum Gasteiger partial charge on any atom is 0.268 e. The van der Waals surface area contributed by atoms with Crippen molar-refractivity contribution < 1.29 is 27.1 Å². The molecule has 0 fully saturated rings. The van der Waals surface area contributed by atoms with Crippen LogP contribution in [0.3, 0.4) is 0 Å². The SMILES string of the molecule is [C-]#[N+]c1ccc2sc(/C=C3\Oc4ccc(C(C)=O)cc4N3C)[n+](CCCS(=O)(=O)O)c2c1. The van der Waals surface area contributed by atoms with Gasteiger partial charge >= 0.3 is 0 Å². The number of aromatic nitrogens is 1. The first-order valence-corrected chi connectivity index (χ1v) is 12.2. The predicted octanol–water partition coefficient (Wildman–Crippen LogP) is 4.05. The lowest BCUT2D eigenvalue weighted by Gasteiger charge is -2.10. The minimum absolute atomic E-state index is 0.0320. The molecule has 0 radical (unpaired) electrons. The van der Waals surface area contributed by atoms with E-state index in [0.29, 0.717) is 29.4 Å². The Labute approximate surface area is 189 Å². The third-order valence-corrected chi connectivity index (χ3v) is 7.06. The monoisotopic (exact) mass is 470 g/mol. The summed E-state index contributed by atoms with van der Waals surface area (Å²) in [5.74, 6) is 0.806. The molecule has 2 heterocycles. The highest BCUT2D eigenvalue weighted by molar-refractivity contribution is 7.85. The number of ether oxygens (including phenoxy) is 1. The van der Waals surface area contributed by atoms with E-state index in [1.807, 2.05) is 28.7 Å². The van der Waals surface area contributed by atoms with E-state index in [1.165, 1.54) is 18.3 Å². The fourth-order valence-electron chi connectivity index (χ4n) is 3.52. The zero-order chi connectivity index (χ0) is 23.0. The summed E-state index contributed by atoms with van der Waals surface area (Å²) in [5, 5.41) is 0.805. The van der Waals surface area contributed by atoms with Crippen molar-refractivity contribution in [2.75, 3.05) is 17.7 Å². The Morgan fingerprint density at radius 3 is 2.78 bits per heavy atom. The van der Waals surface area contributed by atoms with E-state index < -0.39 is 10.1 Å². The molecule has 32 heavy (non-hydrogen) atoms. The molecule has 2 aromatic carbocycles. The van der Waals surface area contributed by atoms with E-state index in [4.69, 9.17) is 15.9 Å². The number of thiazole rings is 1. The van der Waals surface area contributed by atoms with E-state index in [2.05, 4.69) is 4.85 Å². The molecule has 0 atom stereocenters. The summed E-state index contributed by atoms with van der Waals surface area (Å²) in [6.45, 7) is 9.14. The number of carbonyl (C=O) groups excluding carboxylic acids is 1. The van der Waals surface area contributed by atoms with Gasteiger partial charge < -0.3 is 9.64 Å². The summed E-state index contributed by atoms with van der Waals surface area (Å²) >= 11 is 1.49. The molecule has 1 aliphatic heterocycles. The number of anilines is 1. The largest absolute Gasteiger partial charge is 0.438 e. The van der Waals surface area contributed by atoms with Gasteiger partial charge in [0.05, 0.1) is 24.1 Å². The third kappa shape index (κ3) is 4.36. The Bertz CT molecular complexity index is 1420. The van der Waals surface area contributed by atoms with Crippen molar-refractivity contribution in [3.8, 4) is 5.75 Å². The lowest BCUT2D eigenvalue weighted by atomic mass is 10.1. The van der Waals surface area contributed by atoms with E-state index >= 15 is 0 Å². The van der Waals surface area contributed by atoms with Crippen LogP contribution in [0, 0.1) is 6.57 Å². The minimum Gasteiger partial charge on any atom is -0.438 e. The molecule has 0 unspecified atom stereocenters. The van der Waals surface area contributed by atoms with Crippen LogP contribution in [-0.4, -0.2) is 31.6 Å². The summed E-state index contributed by atoms with van der Waals surface area (Å²) in [7, 11) is -2.23. The molecular formula is C22H20N3O5S2+. The van der Waals surface area contributed by atoms with Gasteiger partial charge in [0.2, 0.25) is 11.4 Å². The van der Waals surface area contributed by atoms with Crippen molar-refractivity contribution >= 4 is 54.9 Å². The summed E-state index contributed by atoms with van der Waals surface area (Å²) in [5.41, 5.74) is 2.66. The fourth-order valence-corrected chi connectivity index (χ4v) is 5.11. The standard InChI is InChI=1S/C22H19N3O5S2/c1-14(26)15-5-7-19-17(11-15)24(3)21(30-19)13-22-25(9-4-10-32(27,28)29)18-12-16(23-2)6-8-20(18)31-22/h5-8,11-13H,4,9-10H2,1,3H3/p+1. The highest BCUT2D eigenvalue weighted by Crippen LogP contribution is 2.39. The molecule has 0 aliphatic carbocycles. The van der Waals surface area contributed by atoms with Crippen LogP contribution in [-0.2, 0) is 16.7 Å². The van der Waals surface area contributed by atoms with E-state index in [1.54, 1.807) is 30.3 Å². The summed E-state index contributed by atoms with van der Waals surface area (Å²) in [6, 6.07) is 10.6. The van der Waals surface area contributed by atoms with Gasteiger partial charge in [-0.3, -0.25) is 9.35 Å². The number of benzene rings is 2. The highest BCUT2D eigenvalue weighted by Gasteiger charge is 2.27. The molecule has 164 valence electrons. The van der Waals surface area contributed by atoms with Gasteiger partial charge in [0.15, 0.2) is 23.8 Å². The van der Waals surface area contributed by atoms with E-state index in [0.717, 1.165) is 20.9 Å². The molecule has 0 saturated carbocycles. The number of ketones is 1. The van der Waals surface area contributed by atoms with Crippen LogP contribution in [0.1, 0.15) is 28.7 Å². The lowest BCUT2D eigenvalue weighted by molar-refractivity contribution is -0.668. The normalized spacial score (nSPS) is 14.4. The average molecular weight is 471 g/mol. The van der Waals surface area contributed by atoms with Gasteiger partial charge in [-0.15, -0.1) is 0 Å². The van der Waals surface area contributed by atoms with Crippen molar-refractivity contribution in [1.29, 1.82) is 0 Å². The zero-order valence-electron chi connectivity index (χ0n) is 17.4. The molecule has 0 amide bonds. The molecule has 4 rings (SSSR count).